The van der Waals surface area contributed by atoms with Crippen molar-refractivity contribution >= 4 is 5.97 Å². The van der Waals surface area contributed by atoms with E-state index >= 15 is 0 Å². The molecule has 2 rings (SSSR count). The highest BCUT2D eigenvalue weighted by Gasteiger charge is 2.15. The van der Waals surface area contributed by atoms with Gasteiger partial charge in [0.05, 0.1) is 17.8 Å². The molecule has 0 aliphatic carbocycles. The minimum absolute atomic E-state index is 0.0935. The second kappa shape index (κ2) is 6.99. The zero-order valence-electron chi connectivity index (χ0n) is 12.2. The first-order valence-electron chi connectivity index (χ1n) is 6.82. The fourth-order valence-electron chi connectivity index (χ4n) is 2.14. The Balaban J connectivity index is 2.10. The van der Waals surface area contributed by atoms with Crippen LogP contribution in [0.4, 0.5) is 0 Å². The molecule has 6 heteroatoms. The fourth-order valence-corrected chi connectivity index (χ4v) is 2.14. The normalized spacial score (nSPS) is 11.0. The molecule has 6 nitrogen and oxygen atoms in total. The van der Waals surface area contributed by atoms with E-state index in [4.69, 9.17) is 9.63 Å². The fraction of sp³-hybridized carbons (Fsp3) is 0.400. The minimum Gasteiger partial charge on any atom is -0.481 e. The summed E-state index contributed by atoms with van der Waals surface area (Å²) < 4.78 is 5.16. The average molecular weight is 289 g/mol. The third kappa shape index (κ3) is 4.39. The number of aliphatic carboxylic acids is 1. The third-order valence-electron chi connectivity index (χ3n) is 3.32. The largest absolute Gasteiger partial charge is 0.481 e. The van der Waals surface area contributed by atoms with Gasteiger partial charge in [-0.3, -0.25) is 14.7 Å². The van der Waals surface area contributed by atoms with Crippen LogP contribution in [-0.2, 0) is 17.9 Å². The van der Waals surface area contributed by atoms with Gasteiger partial charge in [-0.15, -0.1) is 0 Å². The van der Waals surface area contributed by atoms with Crippen LogP contribution in [0, 0.1) is 13.8 Å². The Morgan fingerprint density at radius 2 is 2.14 bits per heavy atom. The van der Waals surface area contributed by atoms with E-state index in [1.165, 1.54) is 0 Å². The van der Waals surface area contributed by atoms with Crippen molar-refractivity contribution in [1.29, 1.82) is 0 Å². The van der Waals surface area contributed by atoms with Gasteiger partial charge < -0.3 is 9.63 Å². The molecule has 2 aromatic rings. The number of carbonyl (C=O) groups is 1. The Morgan fingerprint density at radius 1 is 1.33 bits per heavy atom. The van der Waals surface area contributed by atoms with Crippen LogP contribution in [0.2, 0.25) is 0 Å². The highest BCUT2D eigenvalue weighted by atomic mass is 16.5. The summed E-state index contributed by atoms with van der Waals surface area (Å²) in [6.45, 7) is 5.41. The predicted molar refractivity (Wildman–Crippen MR) is 76.6 cm³/mol. The molecule has 2 aromatic heterocycles. The van der Waals surface area contributed by atoms with Crippen LogP contribution in [-0.4, -0.2) is 32.7 Å². The number of hydrogen-bond acceptors (Lipinski definition) is 5. The van der Waals surface area contributed by atoms with Gasteiger partial charge in [-0.05, 0) is 26.0 Å². The molecule has 2 heterocycles. The standard InChI is InChI=1S/C15H19N3O3/c1-11-14(12(2)21-17-11)10-18(8-6-15(19)20)9-13-5-3-4-7-16-13/h3-5,7H,6,8-10H2,1-2H3,(H,19,20). The van der Waals surface area contributed by atoms with Crippen molar-refractivity contribution in [3.05, 3.63) is 47.1 Å². The number of hydrogen-bond donors (Lipinski definition) is 1. The summed E-state index contributed by atoms with van der Waals surface area (Å²) in [5.41, 5.74) is 2.76. The van der Waals surface area contributed by atoms with E-state index < -0.39 is 5.97 Å². The van der Waals surface area contributed by atoms with Gasteiger partial charge in [0.2, 0.25) is 0 Å². The van der Waals surface area contributed by atoms with Crippen LogP contribution in [0.15, 0.2) is 28.9 Å². The lowest BCUT2D eigenvalue weighted by Gasteiger charge is -2.21. The van der Waals surface area contributed by atoms with E-state index in [1.54, 1.807) is 6.20 Å². The summed E-state index contributed by atoms with van der Waals surface area (Å²) in [5, 5.41) is 12.8. The van der Waals surface area contributed by atoms with E-state index in [1.807, 2.05) is 36.9 Å². The van der Waals surface area contributed by atoms with Gasteiger partial charge >= 0.3 is 5.97 Å². The number of aryl methyl sites for hydroxylation is 2. The number of rotatable bonds is 7. The van der Waals surface area contributed by atoms with E-state index in [0.29, 0.717) is 19.6 Å². The van der Waals surface area contributed by atoms with E-state index in [9.17, 15) is 4.79 Å². The Bertz CT molecular complexity index is 576. The van der Waals surface area contributed by atoms with Crippen molar-refractivity contribution in [2.75, 3.05) is 6.54 Å². The van der Waals surface area contributed by atoms with Crippen LogP contribution in [0.5, 0.6) is 0 Å². The summed E-state index contributed by atoms with van der Waals surface area (Å²) in [4.78, 5) is 17.2. The molecule has 1 N–H and O–H groups in total. The summed E-state index contributed by atoms with van der Waals surface area (Å²) in [6.07, 6.45) is 1.83. The first-order valence-corrected chi connectivity index (χ1v) is 6.82. The van der Waals surface area contributed by atoms with Crippen LogP contribution in [0.1, 0.15) is 29.1 Å². The summed E-state index contributed by atoms with van der Waals surface area (Å²) in [7, 11) is 0. The van der Waals surface area contributed by atoms with Crippen LogP contribution >= 0.6 is 0 Å². The average Bonchev–Trinajstić information content (AvgIpc) is 2.77. The van der Waals surface area contributed by atoms with Gasteiger partial charge in [0.1, 0.15) is 5.76 Å². The molecule has 0 unspecified atom stereocenters. The first-order chi connectivity index (χ1) is 10.1. The first kappa shape index (κ1) is 15.2. The lowest BCUT2D eigenvalue weighted by molar-refractivity contribution is -0.137. The minimum atomic E-state index is -0.806. The van der Waals surface area contributed by atoms with Crippen molar-refractivity contribution in [3.63, 3.8) is 0 Å². The highest BCUT2D eigenvalue weighted by Crippen LogP contribution is 2.16. The summed E-state index contributed by atoms with van der Waals surface area (Å²) in [5.74, 6) is -0.0337. The topological polar surface area (TPSA) is 79.5 Å². The Kier molecular flexibility index (Phi) is 5.05. The zero-order valence-corrected chi connectivity index (χ0v) is 12.2. The second-order valence-electron chi connectivity index (χ2n) is 4.98. The molecule has 112 valence electrons. The molecule has 0 aliphatic heterocycles. The Labute approximate surface area is 123 Å². The number of carboxylic acid groups (broad SMARTS) is 1. The Morgan fingerprint density at radius 3 is 2.71 bits per heavy atom. The number of aromatic nitrogens is 2. The van der Waals surface area contributed by atoms with Crippen molar-refractivity contribution in [1.82, 2.24) is 15.0 Å². The van der Waals surface area contributed by atoms with Crippen LogP contribution in [0.25, 0.3) is 0 Å². The number of nitrogens with zero attached hydrogens (tertiary/aromatic N) is 3. The van der Waals surface area contributed by atoms with E-state index in [2.05, 4.69) is 10.1 Å². The van der Waals surface area contributed by atoms with Crippen molar-refractivity contribution < 1.29 is 14.4 Å². The molecule has 0 radical (unpaired) electrons. The maximum absolute atomic E-state index is 10.8. The molecule has 0 saturated heterocycles. The molecule has 0 bridgehead atoms. The van der Waals surface area contributed by atoms with Gasteiger partial charge in [-0.1, -0.05) is 11.2 Å². The molecule has 0 saturated carbocycles. The molecule has 21 heavy (non-hydrogen) atoms. The van der Waals surface area contributed by atoms with Gasteiger partial charge in [-0.25, -0.2) is 0 Å². The third-order valence-corrected chi connectivity index (χ3v) is 3.32. The lowest BCUT2D eigenvalue weighted by Crippen LogP contribution is -2.26. The van der Waals surface area contributed by atoms with E-state index in [0.717, 1.165) is 22.7 Å². The van der Waals surface area contributed by atoms with E-state index in [-0.39, 0.29) is 6.42 Å². The van der Waals surface area contributed by atoms with Crippen LogP contribution < -0.4 is 0 Å². The molecule has 0 fully saturated rings. The predicted octanol–water partition coefficient (Wildman–Crippen LogP) is 2.16. The van der Waals surface area contributed by atoms with Gasteiger partial charge in [-0.2, -0.15) is 0 Å². The van der Waals surface area contributed by atoms with Gasteiger partial charge in [0, 0.05) is 31.4 Å². The summed E-state index contributed by atoms with van der Waals surface area (Å²) >= 11 is 0. The van der Waals surface area contributed by atoms with Gasteiger partial charge in [0.15, 0.2) is 0 Å². The SMILES string of the molecule is Cc1noc(C)c1CN(CCC(=O)O)Cc1ccccn1. The second-order valence-corrected chi connectivity index (χ2v) is 4.98. The molecule has 0 aromatic carbocycles. The van der Waals surface area contributed by atoms with Crippen molar-refractivity contribution in [2.24, 2.45) is 0 Å². The molecule has 0 spiro atoms. The molecular weight excluding hydrogens is 270 g/mol. The molecular formula is C15H19N3O3. The number of carboxylic acids is 1. The molecule has 0 amide bonds. The summed E-state index contributed by atoms with van der Waals surface area (Å²) in [6, 6.07) is 5.72. The highest BCUT2D eigenvalue weighted by molar-refractivity contribution is 5.66. The smallest absolute Gasteiger partial charge is 0.304 e. The monoisotopic (exact) mass is 289 g/mol. The quantitative estimate of drug-likeness (QED) is 0.841. The maximum atomic E-state index is 10.8. The van der Waals surface area contributed by atoms with Crippen molar-refractivity contribution in [3.8, 4) is 0 Å². The van der Waals surface area contributed by atoms with Gasteiger partial charge in [0.25, 0.3) is 0 Å². The Hall–Kier alpha value is -2.21. The zero-order chi connectivity index (χ0) is 15.2. The van der Waals surface area contributed by atoms with Crippen LogP contribution in [0.3, 0.4) is 0 Å². The van der Waals surface area contributed by atoms with Crippen molar-refractivity contribution in [2.45, 2.75) is 33.4 Å². The molecule has 0 atom stereocenters. The lowest BCUT2D eigenvalue weighted by atomic mass is 10.2. The molecule has 0 aliphatic rings. The number of pyridine rings is 1. The maximum Gasteiger partial charge on any atom is 0.304 e.